The highest BCUT2D eigenvalue weighted by Gasteiger charge is 2.15. The predicted octanol–water partition coefficient (Wildman–Crippen LogP) is 4.06. The molecule has 0 bridgehead atoms. The standard InChI is InChI=1S/C15H15O5PS2/c1-11-2-6-13(7-3-11)19-15(22)23-10-12-4-8-14(9-5-12)20-21(16,17)18/h2-9H,10H2,1H3,(H2,16,17,18). The Morgan fingerprint density at radius 3 is 2.22 bits per heavy atom. The van der Waals surface area contributed by atoms with E-state index >= 15 is 0 Å². The lowest BCUT2D eigenvalue weighted by molar-refractivity contribution is 0.283. The molecule has 8 heteroatoms. The molecule has 0 heterocycles. The van der Waals surface area contributed by atoms with Crippen molar-refractivity contribution in [2.75, 3.05) is 0 Å². The van der Waals surface area contributed by atoms with Gasteiger partial charge in [0.05, 0.1) is 0 Å². The summed E-state index contributed by atoms with van der Waals surface area (Å²) in [6, 6.07) is 14.0. The van der Waals surface area contributed by atoms with Crippen molar-refractivity contribution < 1.29 is 23.6 Å². The number of benzene rings is 2. The van der Waals surface area contributed by atoms with Crippen LogP contribution in [0.2, 0.25) is 0 Å². The number of phosphoric ester groups is 1. The molecule has 0 aliphatic heterocycles. The van der Waals surface area contributed by atoms with Gasteiger partial charge in [-0.2, -0.15) is 0 Å². The Balaban J connectivity index is 1.84. The molecule has 0 aromatic heterocycles. The van der Waals surface area contributed by atoms with Crippen molar-refractivity contribution >= 4 is 36.2 Å². The Hall–Kier alpha value is -1.37. The lowest BCUT2D eigenvalue weighted by Gasteiger charge is -2.08. The zero-order valence-corrected chi connectivity index (χ0v) is 14.7. The monoisotopic (exact) mass is 370 g/mol. The largest absolute Gasteiger partial charge is 0.524 e. The predicted molar refractivity (Wildman–Crippen MR) is 94.8 cm³/mol. The first-order valence-electron chi connectivity index (χ1n) is 6.57. The summed E-state index contributed by atoms with van der Waals surface area (Å²) in [4.78, 5) is 17.4. The molecule has 0 amide bonds. The maximum absolute atomic E-state index is 10.7. The van der Waals surface area contributed by atoms with E-state index < -0.39 is 7.82 Å². The highest BCUT2D eigenvalue weighted by atomic mass is 32.2. The smallest absolute Gasteiger partial charge is 0.440 e. The molecule has 0 aliphatic carbocycles. The highest BCUT2D eigenvalue weighted by molar-refractivity contribution is 8.22. The van der Waals surface area contributed by atoms with Gasteiger partial charge in [0.2, 0.25) is 4.38 Å². The van der Waals surface area contributed by atoms with Gasteiger partial charge in [0.15, 0.2) is 0 Å². The van der Waals surface area contributed by atoms with Crippen molar-refractivity contribution in [3.8, 4) is 11.5 Å². The van der Waals surface area contributed by atoms with E-state index in [1.54, 1.807) is 12.1 Å². The van der Waals surface area contributed by atoms with Crippen molar-refractivity contribution in [3.63, 3.8) is 0 Å². The van der Waals surface area contributed by atoms with E-state index in [0.717, 1.165) is 11.1 Å². The van der Waals surface area contributed by atoms with E-state index in [1.165, 1.54) is 23.9 Å². The molecule has 5 nitrogen and oxygen atoms in total. The van der Waals surface area contributed by atoms with Crippen LogP contribution in [0.3, 0.4) is 0 Å². The van der Waals surface area contributed by atoms with Crippen LogP contribution >= 0.6 is 31.8 Å². The summed E-state index contributed by atoms with van der Waals surface area (Å²) in [5.74, 6) is 1.39. The average Bonchev–Trinajstić information content (AvgIpc) is 2.47. The molecule has 0 atom stereocenters. The van der Waals surface area contributed by atoms with Crippen molar-refractivity contribution in [2.24, 2.45) is 0 Å². The van der Waals surface area contributed by atoms with Crippen LogP contribution in [-0.2, 0) is 10.3 Å². The third-order valence-corrected chi connectivity index (χ3v) is 4.41. The number of hydrogen-bond acceptors (Lipinski definition) is 5. The number of rotatable bonds is 5. The summed E-state index contributed by atoms with van der Waals surface area (Å²) < 4.78 is 21.2. The molecule has 2 rings (SSSR count). The summed E-state index contributed by atoms with van der Waals surface area (Å²) in [6.45, 7) is 2.00. The number of thiocarbonyl (C=S) groups is 1. The van der Waals surface area contributed by atoms with Crippen molar-refractivity contribution in [2.45, 2.75) is 12.7 Å². The molecule has 23 heavy (non-hydrogen) atoms. The fraction of sp³-hybridized carbons (Fsp3) is 0.133. The summed E-state index contributed by atoms with van der Waals surface area (Å²) in [7, 11) is -4.52. The maximum Gasteiger partial charge on any atom is 0.524 e. The first-order valence-corrected chi connectivity index (χ1v) is 9.49. The summed E-state index contributed by atoms with van der Waals surface area (Å²) >= 11 is 6.54. The molecular weight excluding hydrogens is 355 g/mol. The molecule has 0 saturated carbocycles. The first-order chi connectivity index (χ1) is 10.8. The van der Waals surface area contributed by atoms with Gasteiger partial charge in [0.25, 0.3) is 0 Å². The van der Waals surface area contributed by atoms with E-state index in [4.69, 9.17) is 26.7 Å². The van der Waals surface area contributed by atoms with Crippen LogP contribution in [0.4, 0.5) is 0 Å². The van der Waals surface area contributed by atoms with Gasteiger partial charge in [0.1, 0.15) is 11.5 Å². The molecule has 0 saturated heterocycles. The topological polar surface area (TPSA) is 76.0 Å². The molecule has 2 aromatic rings. The van der Waals surface area contributed by atoms with Crippen LogP contribution in [0, 0.1) is 6.92 Å². The van der Waals surface area contributed by atoms with Crippen LogP contribution < -0.4 is 9.26 Å². The summed E-state index contributed by atoms with van der Waals surface area (Å²) in [5.41, 5.74) is 2.08. The van der Waals surface area contributed by atoms with Gasteiger partial charge in [-0.25, -0.2) is 4.57 Å². The van der Waals surface area contributed by atoms with Gasteiger partial charge in [-0.3, -0.25) is 9.79 Å². The highest BCUT2D eigenvalue weighted by Crippen LogP contribution is 2.37. The number of hydrogen-bond donors (Lipinski definition) is 2. The van der Waals surface area contributed by atoms with Gasteiger partial charge in [-0.05, 0) is 49.0 Å². The van der Waals surface area contributed by atoms with Gasteiger partial charge in [0, 0.05) is 5.75 Å². The molecule has 0 aliphatic rings. The minimum absolute atomic E-state index is 0.116. The second-order valence-electron chi connectivity index (χ2n) is 4.68. The van der Waals surface area contributed by atoms with Crippen LogP contribution in [0.5, 0.6) is 11.5 Å². The van der Waals surface area contributed by atoms with Gasteiger partial charge >= 0.3 is 7.82 Å². The minimum atomic E-state index is -4.52. The average molecular weight is 370 g/mol. The Labute approximate surface area is 143 Å². The van der Waals surface area contributed by atoms with Crippen LogP contribution in [0.1, 0.15) is 11.1 Å². The summed E-state index contributed by atoms with van der Waals surface area (Å²) in [5, 5.41) is 0. The summed E-state index contributed by atoms with van der Waals surface area (Å²) in [6.07, 6.45) is 0. The second kappa shape index (κ2) is 7.95. The van der Waals surface area contributed by atoms with Gasteiger partial charge in [-0.15, -0.1) is 0 Å². The normalized spacial score (nSPS) is 11.1. The fourth-order valence-electron chi connectivity index (χ4n) is 1.66. The second-order valence-corrected chi connectivity index (χ2v) is 7.42. The zero-order valence-electron chi connectivity index (χ0n) is 12.2. The maximum atomic E-state index is 10.7. The molecule has 0 radical (unpaired) electrons. The number of thioether (sulfide) groups is 1. The molecule has 2 aromatic carbocycles. The van der Waals surface area contributed by atoms with Crippen LogP contribution in [0.15, 0.2) is 48.5 Å². The number of phosphoric acid groups is 1. The third-order valence-electron chi connectivity index (χ3n) is 2.73. The molecule has 0 spiro atoms. The SMILES string of the molecule is Cc1ccc(OC(=S)SCc2ccc(OP(=O)(O)O)cc2)cc1. The molecule has 0 unspecified atom stereocenters. The first kappa shape index (κ1) is 18.0. The third kappa shape index (κ3) is 6.72. The Morgan fingerprint density at radius 1 is 1.09 bits per heavy atom. The number of ether oxygens (including phenoxy) is 1. The van der Waals surface area contributed by atoms with E-state index in [2.05, 4.69) is 4.52 Å². The molecule has 0 fully saturated rings. The van der Waals surface area contributed by atoms with Crippen molar-refractivity contribution in [1.29, 1.82) is 0 Å². The van der Waals surface area contributed by atoms with Gasteiger partial charge in [-0.1, -0.05) is 41.6 Å². The van der Waals surface area contributed by atoms with Crippen LogP contribution in [-0.4, -0.2) is 14.2 Å². The quantitative estimate of drug-likeness (QED) is 0.607. The van der Waals surface area contributed by atoms with E-state index in [-0.39, 0.29) is 5.75 Å². The number of aryl methyl sites for hydroxylation is 1. The van der Waals surface area contributed by atoms with E-state index in [0.29, 0.717) is 15.9 Å². The Kier molecular flexibility index (Phi) is 6.21. The van der Waals surface area contributed by atoms with Crippen molar-refractivity contribution in [1.82, 2.24) is 0 Å². The molecule has 2 N–H and O–H groups in total. The van der Waals surface area contributed by atoms with Crippen molar-refractivity contribution in [3.05, 3.63) is 59.7 Å². The lowest BCUT2D eigenvalue weighted by Crippen LogP contribution is -2.00. The zero-order chi connectivity index (χ0) is 16.9. The Morgan fingerprint density at radius 2 is 1.65 bits per heavy atom. The minimum Gasteiger partial charge on any atom is -0.440 e. The lowest BCUT2D eigenvalue weighted by atomic mass is 10.2. The van der Waals surface area contributed by atoms with E-state index in [9.17, 15) is 4.57 Å². The van der Waals surface area contributed by atoms with Gasteiger partial charge < -0.3 is 9.26 Å². The molecule has 122 valence electrons. The van der Waals surface area contributed by atoms with Crippen LogP contribution in [0.25, 0.3) is 0 Å². The van der Waals surface area contributed by atoms with E-state index in [1.807, 2.05) is 31.2 Å². The Bertz CT molecular complexity index is 710. The fourth-order valence-corrected chi connectivity index (χ4v) is 2.96. The molecular formula is C15H15O5PS2.